The number of ether oxygens (including phenoxy) is 1. The first-order valence-electron chi connectivity index (χ1n) is 5.36. The molecular weight excluding hydrogens is 200 g/mol. The highest BCUT2D eigenvalue weighted by Crippen LogP contribution is 2.24. The van der Waals surface area contributed by atoms with Gasteiger partial charge in [-0.2, -0.15) is 0 Å². The van der Waals surface area contributed by atoms with Gasteiger partial charge in [-0.25, -0.2) is 0 Å². The lowest BCUT2D eigenvalue weighted by atomic mass is 9.98. The molecule has 2 atom stereocenters. The maximum absolute atomic E-state index is 6.16. The van der Waals surface area contributed by atoms with Gasteiger partial charge in [0, 0.05) is 18.7 Å². The summed E-state index contributed by atoms with van der Waals surface area (Å²) >= 11 is 0. The molecule has 0 spiro atoms. The molecule has 3 heteroatoms. The van der Waals surface area contributed by atoms with E-state index in [9.17, 15) is 0 Å². The highest BCUT2D eigenvalue weighted by molar-refractivity contribution is 5.82. The Balaban J connectivity index is 2.52. The molecule has 0 aliphatic carbocycles. The van der Waals surface area contributed by atoms with E-state index in [-0.39, 0.29) is 12.1 Å². The highest BCUT2D eigenvalue weighted by Gasteiger charge is 2.16. The van der Waals surface area contributed by atoms with E-state index < -0.39 is 0 Å². The van der Waals surface area contributed by atoms with E-state index >= 15 is 0 Å². The highest BCUT2D eigenvalue weighted by atomic mass is 16.5. The summed E-state index contributed by atoms with van der Waals surface area (Å²) in [5, 5.41) is 1.10. The first-order chi connectivity index (χ1) is 7.74. The van der Waals surface area contributed by atoms with Crippen LogP contribution >= 0.6 is 0 Å². The van der Waals surface area contributed by atoms with Crippen LogP contribution in [-0.2, 0) is 4.74 Å². The predicted octanol–water partition coefficient (Wildman–Crippen LogP) is 2.27. The molecule has 1 aromatic carbocycles. The van der Waals surface area contributed by atoms with Crippen molar-refractivity contribution in [2.24, 2.45) is 5.73 Å². The minimum absolute atomic E-state index is 0.00851. The van der Waals surface area contributed by atoms with Crippen LogP contribution < -0.4 is 5.73 Å². The molecule has 2 aromatic rings. The SMILES string of the molecule is COC(C)C(N)c1cccc2ncccc12. The maximum Gasteiger partial charge on any atom is 0.0735 e. The zero-order valence-corrected chi connectivity index (χ0v) is 9.55. The molecule has 1 aromatic heterocycles. The fourth-order valence-electron chi connectivity index (χ4n) is 1.82. The van der Waals surface area contributed by atoms with Gasteiger partial charge in [0.2, 0.25) is 0 Å². The largest absolute Gasteiger partial charge is 0.380 e. The van der Waals surface area contributed by atoms with Crippen LogP contribution in [0.5, 0.6) is 0 Å². The summed E-state index contributed by atoms with van der Waals surface area (Å²) < 4.78 is 5.27. The van der Waals surface area contributed by atoms with Crippen molar-refractivity contribution < 1.29 is 4.74 Å². The Labute approximate surface area is 95.2 Å². The normalized spacial score (nSPS) is 14.9. The number of hydrogen-bond acceptors (Lipinski definition) is 3. The van der Waals surface area contributed by atoms with Crippen molar-refractivity contribution in [3.8, 4) is 0 Å². The topological polar surface area (TPSA) is 48.1 Å². The molecule has 0 radical (unpaired) electrons. The summed E-state index contributed by atoms with van der Waals surface area (Å²) in [5.41, 5.74) is 8.22. The molecule has 2 unspecified atom stereocenters. The van der Waals surface area contributed by atoms with Gasteiger partial charge in [-0.15, -0.1) is 0 Å². The Bertz CT molecular complexity index is 479. The van der Waals surface area contributed by atoms with Crippen LogP contribution in [0.3, 0.4) is 0 Å². The van der Waals surface area contributed by atoms with Crippen LogP contribution in [0.25, 0.3) is 10.9 Å². The molecular formula is C13H16N2O. The smallest absolute Gasteiger partial charge is 0.0735 e. The van der Waals surface area contributed by atoms with Crippen LogP contribution in [-0.4, -0.2) is 18.2 Å². The first-order valence-corrected chi connectivity index (χ1v) is 5.36. The van der Waals surface area contributed by atoms with E-state index in [0.29, 0.717) is 0 Å². The van der Waals surface area contributed by atoms with Crippen LogP contribution in [0.15, 0.2) is 36.5 Å². The third-order valence-electron chi connectivity index (χ3n) is 2.92. The van der Waals surface area contributed by atoms with Crippen LogP contribution in [0.4, 0.5) is 0 Å². The second-order valence-corrected chi connectivity index (χ2v) is 3.88. The molecule has 2 rings (SSSR count). The minimum Gasteiger partial charge on any atom is -0.380 e. The first kappa shape index (κ1) is 11.0. The fraction of sp³-hybridized carbons (Fsp3) is 0.308. The summed E-state index contributed by atoms with van der Waals surface area (Å²) in [4.78, 5) is 4.31. The van der Waals surface area contributed by atoms with Gasteiger partial charge in [-0.3, -0.25) is 4.98 Å². The third kappa shape index (κ3) is 1.92. The van der Waals surface area contributed by atoms with E-state index in [2.05, 4.69) is 4.98 Å². The van der Waals surface area contributed by atoms with Gasteiger partial charge in [0.15, 0.2) is 0 Å². The summed E-state index contributed by atoms with van der Waals surface area (Å²) in [5.74, 6) is 0. The van der Waals surface area contributed by atoms with Crippen LogP contribution in [0.1, 0.15) is 18.5 Å². The van der Waals surface area contributed by atoms with Crippen LogP contribution in [0.2, 0.25) is 0 Å². The molecule has 2 N–H and O–H groups in total. The molecule has 0 fully saturated rings. The number of nitrogens with two attached hydrogens (primary N) is 1. The monoisotopic (exact) mass is 216 g/mol. The summed E-state index contributed by atoms with van der Waals surface area (Å²) in [6.45, 7) is 1.97. The maximum atomic E-state index is 6.16. The second-order valence-electron chi connectivity index (χ2n) is 3.88. The number of rotatable bonds is 3. The molecule has 0 amide bonds. The Morgan fingerprint density at radius 1 is 1.25 bits per heavy atom. The van der Waals surface area contributed by atoms with E-state index in [1.807, 2.05) is 37.3 Å². The Hall–Kier alpha value is -1.45. The fourth-order valence-corrected chi connectivity index (χ4v) is 1.82. The van der Waals surface area contributed by atoms with Crippen molar-refractivity contribution >= 4 is 10.9 Å². The summed E-state index contributed by atoms with van der Waals surface area (Å²) in [6.07, 6.45) is 1.78. The Morgan fingerprint density at radius 3 is 2.81 bits per heavy atom. The lowest BCUT2D eigenvalue weighted by Crippen LogP contribution is -2.25. The molecule has 0 saturated heterocycles. The number of pyridine rings is 1. The van der Waals surface area contributed by atoms with Gasteiger partial charge in [-0.1, -0.05) is 18.2 Å². The molecule has 84 valence electrons. The van der Waals surface area contributed by atoms with Gasteiger partial charge in [0.1, 0.15) is 0 Å². The van der Waals surface area contributed by atoms with E-state index in [1.165, 1.54) is 0 Å². The van der Waals surface area contributed by atoms with Gasteiger partial charge in [0.25, 0.3) is 0 Å². The van der Waals surface area contributed by atoms with Crippen molar-refractivity contribution in [3.05, 3.63) is 42.1 Å². The van der Waals surface area contributed by atoms with Crippen molar-refractivity contribution in [2.75, 3.05) is 7.11 Å². The summed E-state index contributed by atoms with van der Waals surface area (Å²) in [7, 11) is 1.67. The quantitative estimate of drug-likeness (QED) is 0.856. The number of aromatic nitrogens is 1. The number of methoxy groups -OCH3 is 1. The standard InChI is InChI=1S/C13H16N2O/c1-9(16-2)13(14)11-5-3-7-12-10(11)6-4-8-15-12/h3-9,13H,14H2,1-2H3. The minimum atomic E-state index is -0.127. The molecule has 0 aliphatic heterocycles. The van der Waals surface area contributed by atoms with Gasteiger partial charge in [0.05, 0.1) is 17.7 Å². The van der Waals surface area contributed by atoms with E-state index in [1.54, 1.807) is 13.3 Å². The van der Waals surface area contributed by atoms with E-state index in [0.717, 1.165) is 16.5 Å². The summed E-state index contributed by atoms with van der Waals surface area (Å²) in [6, 6.07) is 9.84. The second kappa shape index (κ2) is 4.60. The number of hydrogen-bond donors (Lipinski definition) is 1. The number of nitrogens with zero attached hydrogens (tertiary/aromatic N) is 1. The third-order valence-corrected chi connectivity index (χ3v) is 2.92. The van der Waals surface area contributed by atoms with Crippen molar-refractivity contribution in [1.82, 2.24) is 4.98 Å². The molecule has 0 bridgehead atoms. The zero-order valence-electron chi connectivity index (χ0n) is 9.55. The zero-order chi connectivity index (χ0) is 11.5. The van der Waals surface area contributed by atoms with Gasteiger partial charge >= 0.3 is 0 Å². The average molecular weight is 216 g/mol. The van der Waals surface area contributed by atoms with Gasteiger partial charge in [-0.05, 0) is 24.6 Å². The van der Waals surface area contributed by atoms with E-state index in [4.69, 9.17) is 10.5 Å². The van der Waals surface area contributed by atoms with Crippen molar-refractivity contribution in [3.63, 3.8) is 0 Å². The Morgan fingerprint density at radius 2 is 2.06 bits per heavy atom. The molecule has 1 heterocycles. The lowest BCUT2D eigenvalue weighted by molar-refractivity contribution is 0.0960. The molecule has 0 aliphatic rings. The average Bonchev–Trinajstić information content (AvgIpc) is 2.36. The molecule has 3 nitrogen and oxygen atoms in total. The van der Waals surface area contributed by atoms with Gasteiger partial charge < -0.3 is 10.5 Å². The lowest BCUT2D eigenvalue weighted by Gasteiger charge is -2.20. The predicted molar refractivity (Wildman–Crippen MR) is 65.1 cm³/mol. The van der Waals surface area contributed by atoms with Crippen molar-refractivity contribution in [2.45, 2.75) is 19.1 Å². The number of fused-ring (bicyclic) bond motifs is 1. The van der Waals surface area contributed by atoms with Crippen LogP contribution in [0, 0.1) is 0 Å². The molecule has 0 saturated carbocycles. The Kier molecular flexibility index (Phi) is 3.17. The number of benzene rings is 1. The molecule has 16 heavy (non-hydrogen) atoms. The van der Waals surface area contributed by atoms with Crippen molar-refractivity contribution in [1.29, 1.82) is 0 Å².